The average molecular weight is 531 g/mol. The minimum absolute atomic E-state index is 0.0357. The number of aliphatic carboxylic acids is 1. The maximum Gasteiger partial charge on any atom is 0.416 e. The summed E-state index contributed by atoms with van der Waals surface area (Å²) >= 11 is 0. The summed E-state index contributed by atoms with van der Waals surface area (Å²) in [6.07, 6.45) is -8.18. The van der Waals surface area contributed by atoms with Crippen LogP contribution in [0.2, 0.25) is 0 Å². The molecule has 0 spiro atoms. The molecule has 0 amide bonds. The van der Waals surface area contributed by atoms with Gasteiger partial charge in [0.15, 0.2) is 0 Å². The molecule has 0 fully saturated rings. The Balaban J connectivity index is 1.84. The number of para-hydroxylation sites is 2. The molecule has 0 bridgehead atoms. The van der Waals surface area contributed by atoms with Crippen molar-refractivity contribution in [3.63, 3.8) is 0 Å². The van der Waals surface area contributed by atoms with Crippen molar-refractivity contribution in [2.24, 2.45) is 0 Å². The van der Waals surface area contributed by atoms with Crippen LogP contribution in [-0.4, -0.2) is 21.0 Å². The van der Waals surface area contributed by atoms with Crippen LogP contribution in [0.3, 0.4) is 0 Å². The fraction of sp³-hybridized carbons (Fsp3) is 0.148. The third-order valence-corrected chi connectivity index (χ3v) is 5.74. The first kappa shape index (κ1) is 26.6. The van der Waals surface area contributed by atoms with Crippen molar-refractivity contribution in [2.45, 2.75) is 24.7 Å². The van der Waals surface area contributed by atoms with E-state index in [1.54, 1.807) is 65.6 Å². The summed E-state index contributed by atoms with van der Waals surface area (Å²) in [5.74, 6) is -3.12. The van der Waals surface area contributed by atoms with Crippen molar-refractivity contribution in [1.82, 2.24) is 9.97 Å². The van der Waals surface area contributed by atoms with E-state index in [0.717, 1.165) is 0 Å². The molecule has 11 heteroatoms. The standard InChI is InChI=1S/C27H19F6N3O2/c28-26(29,30)19-11-17(12-20(14-19)27(31,32)33)23(25(37)38)13-18-15-34-16-35-24(18)36(21-7-3-1-4-8-21)22-9-5-2-6-10-22/h1-12,14-16,23H,13H2,(H,37,38). The lowest BCUT2D eigenvalue weighted by Gasteiger charge is -2.27. The van der Waals surface area contributed by atoms with Crippen LogP contribution in [-0.2, 0) is 23.6 Å². The van der Waals surface area contributed by atoms with Gasteiger partial charge in [0.2, 0.25) is 0 Å². The van der Waals surface area contributed by atoms with Gasteiger partial charge in [-0.25, -0.2) is 9.97 Å². The smallest absolute Gasteiger partial charge is 0.416 e. The van der Waals surface area contributed by atoms with Gasteiger partial charge in [0.05, 0.1) is 17.0 Å². The van der Waals surface area contributed by atoms with E-state index in [1.807, 2.05) is 0 Å². The molecule has 3 aromatic carbocycles. The molecule has 38 heavy (non-hydrogen) atoms. The summed E-state index contributed by atoms with van der Waals surface area (Å²) < 4.78 is 80.6. The molecule has 0 aliphatic rings. The molecule has 1 N–H and O–H groups in total. The number of carbonyl (C=O) groups is 1. The fourth-order valence-electron chi connectivity index (χ4n) is 3.99. The lowest BCUT2D eigenvalue weighted by molar-refractivity contribution is -0.144. The van der Waals surface area contributed by atoms with Gasteiger partial charge in [-0.3, -0.25) is 9.69 Å². The number of hydrogen-bond donors (Lipinski definition) is 1. The first-order valence-electron chi connectivity index (χ1n) is 11.2. The highest BCUT2D eigenvalue weighted by Gasteiger charge is 2.38. The lowest BCUT2D eigenvalue weighted by atomic mass is 9.89. The van der Waals surface area contributed by atoms with Crippen molar-refractivity contribution in [2.75, 3.05) is 4.90 Å². The van der Waals surface area contributed by atoms with Gasteiger partial charge in [0.1, 0.15) is 12.1 Å². The zero-order chi connectivity index (χ0) is 27.5. The Labute approximate surface area is 213 Å². The number of benzene rings is 3. The van der Waals surface area contributed by atoms with Crippen molar-refractivity contribution in [3.05, 3.63) is 114 Å². The largest absolute Gasteiger partial charge is 0.481 e. The van der Waals surface area contributed by atoms with Crippen LogP contribution in [0.5, 0.6) is 0 Å². The number of anilines is 3. The summed E-state index contributed by atoms with van der Waals surface area (Å²) in [5, 5.41) is 9.92. The monoisotopic (exact) mass is 531 g/mol. The quantitative estimate of drug-likeness (QED) is 0.252. The molecule has 4 rings (SSSR count). The predicted molar refractivity (Wildman–Crippen MR) is 127 cm³/mol. The summed E-state index contributed by atoms with van der Waals surface area (Å²) in [5.41, 5.74) is -2.33. The van der Waals surface area contributed by atoms with Crippen LogP contribution >= 0.6 is 0 Å². The van der Waals surface area contributed by atoms with Gasteiger partial charge >= 0.3 is 18.3 Å². The number of rotatable bonds is 7. The number of carboxylic acids is 1. The zero-order valence-corrected chi connectivity index (χ0v) is 19.4. The van der Waals surface area contributed by atoms with Gasteiger partial charge in [-0.15, -0.1) is 0 Å². The number of carboxylic acid groups (broad SMARTS) is 1. The highest BCUT2D eigenvalue weighted by Crippen LogP contribution is 2.40. The molecule has 4 aromatic rings. The third-order valence-electron chi connectivity index (χ3n) is 5.74. The van der Waals surface area contributed by atoms with Gasteiger partial charge in [-0.1, -0.05) is 36.4 Å². The number of aromatic nitrogens is 2. The second-order valence-corrected chi connectivity index (χ2v) is 8.31. The molecule has 0 aliphatic carbocycles. The third kappa shape index (κ3) is 5.93. The van der Waals surface area contributed by atoms with E-state index in [4.69, 9.17) is 0 Å². The lowest BCUT2D eigenvalue weighted by Crippen LogP contribution is -2.20. The Kier molecular flexibility index (Phi) is 7.38. The van der Waals surface area contributed by atoms with Gasteiger partial charge in [0.25, 0.3) is 0 Å². The highest BCUT2D eigenvalue weighted by atomic mass is 19.4. The molecule has 0 saturated heterocycles. The van der Waals surface area contributed by atoms with Crippen LogP contribution in [0.4, 0.5) is 43.5 Å². The van der Waals surface area contributed by atoms with E-state index in [0.29, 0.717) is 23.5 Å². The SMILES string of the molecule is O=C(O)C(Cc1cncnc1N(c1ccccc1)c1ccccc1)c1cc(C(F)(F)F)cc(C(F)(F)F)c1. The summed E-state index contributed by atoms with van der Waals surface area (Å²) in [4.78, 5) is 22.2. The van der Waals surface area contributed by atoms with E-state index in [-0.39, 0.29) is 17.4 Å². The first-order chi connectivity index (χ1) is 17.9. The van der Waals surface area contributed by atoms with E-state index in [1.165, 1.54) is 12.5 Å². The maximum atomic E-state index is 13.4. The van der Waals surface area contributed by atoms with Crippen LogP contribution < -0.4 is 4.90 Å². The molecule has 196 valence electrons. The van der Waals surface area contributed by atoms with Crippen molar-refractivity contribution in [3.8, 4) is 0 Å². The van der Waals surface area contributed by atoms with Gasteiger partial charge in [-0.2, -0.15) is 26.3 Å². The van der Waals surface area contributed by atoms with Crippen LogP contribution in [0, 0.1) is 0 Å². The predicted octanol–water partition coefficient (Wildman–Crippen LogP) is 7.39. The number of nitrogens with zero attached hydrogens (tertiary/aromatic N) is 3. The molecule has 0 radical (unpaired) electrons. The van der Waals surface area contributed by atoms with Gasteiger partial charge in [-0.05, 0) is 54.4 Å². The van der Waals surface area contributed by atoms with E-state index in [9.17, 15) is 36.2 Å². The number of alkyl halides is 6. The van der Waals surface area contributed by atoms with Crippen LogP contribution in [0.15, 0.2) is 91.4 Å². The maximum absolute atomic E-state index is 13.4. The molecule has 0 aliphatic heterocycles. The Morgan fingerprint density at radius 3 is 1.76 bits per heavy atom. The molecular weight excluding hydrogens is 512 g/mol. The second kappa shape index (κ2) is 10.5. The van der Waals surface area contributed by atoms with E-state index in [2.05, 4.69) is 9.97 Å². The van der Waals surface area contributed by atoms with E-state index >= 15 is 0 Å². The molecule has 1 aromatic heterocycles. The van der Waals surface area contributed by atoms with Crippen molar-refractivity contribution < 1.29 is 36.2 Å². The summed E-state index contributed by atoms with van der Waals surface area (Å²) in [7, 11) is 0. The summed E-state index contributed by atoms with van der Waals surface area (Å²) in [6.45, 7) is 0. The van der Waals surface area contributed by atoms with Crippen LogP contribution in [0.1, 0.15) is 28.2 Å². The highest BCUT2D eigenvalue weighted by molar-refractivity contribution is 5.79. The molecule has 0 saturated carbocycles. The van der Waals surface area contributed by atoms with E-state index < -0.39 is 47.4 Å². The zero-order valence-electron chi connectivity index (χ0n) is 19.4. The number of halogens is 6. The Morgan fingerprint density at radius 2 is 1.32 bits per heavy atom. The fourth-order valence-corrected chi connectivity index (χ4v) is 3.99. The average Bonchev–Trinajstić information content (AvgIpc) is 2.88. The summed E-state index contributed by atoms with van der Waals surface area (Å²) in [6, 6.07) is 18.6. The molecular formula is C27H19F6N3O2. The first-order valence-corrected chi connectivity index (χ1v) is 11.2. The molecule has 5 nitrogen and oxygen atoms in total. The van der Waals surface area contributed by atoms with Gasteiger partial charge in [0, 0.05) is 23.1 Å². The second-order valence-electron chi connectivity index (χ2n) is 8.31. The van der Waals surface area contributed by atoms with Crippen molar-refractivity contribution >= 4 is 23.2 Å². The Bertz CT molecular complexity index is 1340. The Hall–Kier alpha value is -4.41. The minimum atomic E-state index is -5.11. The van der Waals surface area contributed by atoms with Gasteiger partial charge < -0.3 is 5.11 Å². The molecule has 1 atom stereocenters. The van der Waals surface area contributed by atoms with Crippen LogP contribution in [0.25, 0.3) is 0 Å². The Morgan fingerprint density at radius 1 is 0.816 bits per heavy atom. The molecule has 1 heterocycles. The normalized spacial score (nSPS) is 12.7. The molecule has 1 unspecified atom stereocenters. The number of hydrogen-bond acceptors (Lipinski definition) is 4. The van der Waals surface area contributed by atoms with Crippen molar-refractivity contribution in [1.29, 1.82) is 0 Å². The topological polar surface area (TPSA) is 66.3 Å². The minimum Gasteiger partial charge on any atom is -0.481 e.